The van der Waals surface area contributed by atoms with Crippen LogP contribution >= 0.6 is 22.9 Å². The average molecular weight is 429 g/mol. The van der Waals surface area contributed by atoms with E-state index in [-0.39, 0.29) is 11.9 Å². The van der Waals surface area contributed by atoms with Crippen molar-refractivity contribution in [3.63, 3.8) is 0 Å². The highest BCUT2D eigenvalue weighted by Crippen LogP contribution is 2.27. The van der Waals surface area contributed by atoms with Gasteiger partial charge in [-0.1, -0.05) is 11.6 Å². The molecule has 0 aliphatic rings. The van der Waals surface area contributed by atoms with Crippen molar-refractivity contribution in [2.45, 2.75) is 13.0 Å². The van der Waals surface area contributed by atoms with Crippen LogP contribution in [0.25, 0.3) is 16.2 Å². The maximum Gasteiger partial charge on any atom is 0.267 e. The van der Waals surface area contributed by atoms with Gasteiger partial charge in [0, 0.05) is 16.0 Å². The van der Waals surface area contributed by atoms with Gasteiger partial charge in [0.15, 0.2) is 6.10 Å². The molecule has 0 saturated carbocycles. The predicted octanol–water partition coefficient (Wildman–Crippen LogP) is 4.53. The quantitative estimate of drug-likeness (QED) is 0.488. The summed E-state index contributed by atoms with van der Waals surface area (Å²) in [5, 5.41) is 9.68. The number of anilines is 1. The lowest BCUT2D eigenvalue weighted by molar-refractivity contribution is -0.122. The summed E-state index contributed by atoms with van der Waals surface area (Å²) in [6.45, 7) is 1.66. The van der Waals surface area contributed by atoms with Gasteiger partial charge in [-0.25, -0.2) is 4.52 Å². The van der Waals surface area contributed by atoms with Crippen LogP contribution in [0.1, 0.15) is 6.92 Å². The minimum atomic E-state index is -0.723. The Kier molecular flexibility index (Phi) is 5.37. The molecule has 2 aromatic carbocycles. The van der Waals surface area contributed by atoms with Crippen LogP contribution < -0.4 is 14.8 Å². The van der Waals surface area contributed by atoms with Crippen LogP contribution in [-0.2, 0) is 4.79 Å². The Morgan fingerprint density at radius 2 is 1.83 bits per heavy atom. The summed E-state index contributed by atoms with van der Waals surface area (Å²) in [6.07, 6.45) is -0.723. The van der Waals surface area contributed by atoms with Crippen LogP contribution in [0.2, 0.25) is 5.02 Å². The third-order valence-corrected chi connectivity index (χ3v) is 5.27. The average Bonchev–Trinajstić information content (AvgIpc) is 3.30. The third kappa shape index (κ3) is 4.18. The van der Waals surface area contributed by atoms with Crippen molar-refractivity contribution in [1.82, 2.24) is 14.6 Å². The fraction of sp³-hybridized carbons (Fsp3) is 0.150. The second-order valence-electron chi connectivity index (χ2n) is 6.18. The molecule has 0 aliphatic heterocycles. The van der Waals surface area contributed by atoms with Gasteiger partial charge < -0.3 is 9.47 Å². The molecule has 9 heteroatoms. The minimum absolute atomic E-state index is 0.225. The Morgan fingerprint density at radius 1 is 1.14 bits per heavy atom. The van der Waals surface area contributed by atoms with Crippen LogP contribution in [0.5, 0.6) is 11.5 Å². The second kappa shape index (κ2) is 8.10. The first kappa shape index (κ1) is 19.2. The maximum absolute atomic E-state index is 12.4. The summed E-state index contributed by atoms with van der Waals surface area (Å²) >= 11 is 7.30. The normalized spacial score (nSPS) is 12.0. The van der Waals surface area contributed by atoms with Crippen LogP contribution in [0.3, 0.4) is 0 Å². The van der Waals surface area contributed by atoms with Gasteiger partial charge in [0.25, 0.3) is 11.9 Å². The van der Waals surface area contributed by atoms with Crippen LogP contribution in [0, 0.1) is 0 Å². The maximum atomic E-state index is 12.4. The van der Waals surface area contributed by atoms with Crippen molar-refractivity contribution in [2.75, 3.05) is 12.4 Å². The molecule has 29 heavy (non-hydrogen) atoms. The standard InChI is InChI=1S/C20H17ClN4O3S/c1-12(28-16-9-5-14(21)6-10-16)18(26)22-19-23-20-25(24-19)17(11-29-20)13-3-7-15(27-2)8-4-13/h3-12H,1-2H3,(H,22,24,26). The van der Waals surface area contributed by atoms with Crippen molar-refractivity contribution >= 4 is 39.8 Å². The summed E-state index contributed by atoms with van der Waals surface area (Å²) in [5.74, 6) is 1.21. The number of benzene rings is 2. The molecule has 0 radical (unpaired) electrons. The van der Waals surface area contributed by atoms with Gasteiger partial charge in [0.1, 0.15) is 11.5 Å². The first-order chi connectivity index (χ1) is 14.0. The SMILES string of the molecule is COc1ccc(-c2csc3nc(NC(=O)C(C)Oc4ccc(Cl)cc4)nn23)cc1. The van der Waals surface area contributed by atoms with E-state index in [1.54, 1.807) is 42.8 Å². The number of nitrogens with zero attached hydrogens (tertiary/aromatic N) is 3. The van der Waals surface area contributed by atoms with E-state index in [1.807, 2.05) is 29.6 Å². The Labute approximate surface area is 175 Å². The number of methoxy groups -OCH3 is 1. The number of carbonyl (C=O) groups excluding carboxylic acids is 1. The molecular weight excluding hydrogens is 412 g/mol. The topological polar surface area (TPSA) is 77.8 Å². The van der Waals surface area contributed by atoms with Crippen molar-refractivity contribution in [3.8, 4) is 22.8 Å². The zero-order chi connectivity index (χ0) is 20.4. The highest BCUT2D eigenvalue weighted by molar-refractivity contribution is 7.15. The molecule has 1 unspecified atom stereocenters. The van der Waals surface area contributed by atoms with Crippen molar-refractivity contribution < 1.29 is 14.3 Å². The number of halogens is 1. The van der Waals surface area contributed by atoms with Gasteiger partial charge in [-0.15, -0.1) is 16.4 Å². The lowest BCUT2D eigenvalue weighted by atomic mass is 10.2. The molecule has 4 aromatic rings. The van der Waals surface area contributed by atoms with Crippen LogP contribution in [-0.4, -0.2) is 33.7 Å². The molecule has 0 bridgehead atoms. The number of carbonyl (C=O) groups is 1. The summed E-state index contributed by atoms with van der Waals surface area (Å²) in [4.78, 5) is 17.5. The molecule has 1 atom stereocenters. The molecule has 148 valence electrons. The first-order valence-corrected chi connectivity index (χ1v) is 10.0. The Bertz CT molecular complexity index is 1140. The molecule has 0 fully saturated rings. The van der Waals surface area contributed by atoms with E-state index in [4.69, 9.17) is 21.1 Å². The van der Waals surface area contributed by atoms with Gasteiger partial charge in [-0.05, 0) is 55.5 Å². The fourth-order valence-corrected chi connectivity index (χ4v) is 3.63. The molecule has 2 aromatic heterocycles. The molecule has 1 N–H and O–H groups in total. The molecule has 0 saturated heterocycles. The number of rotatable bonds is 6. The van der Waals surface area contributed by atoms with E-state index in [0.29, 0.717) is 15.7 Å². The number of aromatic nitrogens is 3. The lowest BCUT2D eigenvalue weighted by Crippen LogP contribution is -2.30. The molecule has 4 rings (SSSR count). The Balaban J connectivity index is 1.48. The zero-order valence-corrected chi connectivity index (χ0v) is 17.2. The predicted molar refractivity (Wildman–Crippen MR) is 113 cm³/mol. The molecule has 2 heterocycles. The molecule has 7 nitrogen and oxygen atoms in total. The van der Waals surface area contributed by atoms with E-state index >= 15 is 0 Å². The molecule has 0 spiro atoms. The third-order valence-electron chi connectivity index (χ3n) is 4.20. The van der Waals surface area contributed by atoms with Gasteiger partial charge in [-0.3, -0.25) is 10.1 Å². The van der Waals surface area contributed by atoms with Gasteiger partial charge in [-0.2, -0.15) is 4.98 Å². The number of ether oxygens (including phenoxy) is 2. The van der Waals surface area contributed by atoms with Crippen molar-refractivity contribution in [1.29, 1.82) is 0 Å². The number of hydrogen-bond acceptors (Lipinski definition) is 6. The molecule has 0 aliphatic carbocycles. The Hall–Kier alpha value is -3.10. The van der Waals surface area contributed by atoms with Gasteiger partial charge in [0.05, 0.1) is 12.8 Å². The summed E-state index contributed by atoms with van der Waals surface area (Å²) < 4.78 is 12.5. The molecular formula is C20H17ClN4O3S. The highest BCUT2D eigenvalue weighted by atomic mass is 35.5. The fourth-order valence-electron chi connectivity index (χ4n) is 2.68. The van der Waals surface area contributed by atoms with E-state index in [9.17, 15) is 4.79 Å². The smallest absolute Gasteiger partial charge is 0.267 e. The summed E-state index contributed by atoms with van der Waals surface area (Å²) in [6, 6.07) is 14.5. The van der Waals surface area contributed by atoms with Gasteiger partial charge in [0.2, 0.25) is 4.96 Å². The van der Waals surface area contributed by atoms with E-state index in [1.165, 1.54) is 11.3 Å². The largest absolute Gasteiger partial charge is 0.497 e. The minimum Gasteiger partial charge on any atom is -0.497 e. The number of hydrogen-bond donors (Lipinski definition) is 1. The van der Waals surface area contributed by atoms with Crippen LogP contribution in [0.15, 0.2) is 53.9 Å². The highest BCUT2D eigenvalue weighted by Gasteiger charge is 2.18. The number of fused-ring (bicyclic) bond motifs is 1. The van der Waals surface area contributed by atoms with Crippen LogP contribution in [0.4, 0.5) is 5.95 Å². The van der Waals surface area contributed by atoms with E-state index in [2.05, 4.69) is 15.4 Å². The van der Waals surface area contributed by atoms with Crippen molar-refractivity contribution in [2.24, 2.45) is 0 Å². The van der Waals surface area contributed by atoms with E-state index < -0.39 is 6.10 Å². The Morgan fingerprint density at radius 3 is 2.52 bits per heavy atom. The monoisotopic (exact) mass is 428 g/mol. The summed E-state index contributed by atoms with van der Waals surface area (Å²) in [5.41, 5.74) is 1.85. The zero-order valence-electron chi connectivity index (χ0n) is 15.6. The number of thiazole rings is 1. The lowest BCUT2D eigenvalue weighted by Gasteiger charge is -2.13. The first-order valence-electron chi connectivity index (χ1n) is 8.75. The van der Waals surface area contributed by atoms with Gasteiger partial charge >= 0.3 is 0 Å². The summed E-state index contributed by atoms with van der Waals surface area (Å²) in [7, 11) is 1.63. The second-order valence-corrected chi connectivity index (χ2v) is 7.46. The number of nitrogens with one attached hydrogen (secondary N) is 1. The number of amides is 1. The molecule has 1 amide bonds. The van der Waals surface area contributed by atoms with Crippen molar-refractivity contribution in [3.05, 3.63) is 58.9 Å². The van der Waals surface area contributed by atoms with E-state index in [0.717, 1.165) is 17.0 Å².